The zero-order valence-corrected chi connectivity index (χ0v) is 10.7. The molecule has 0 aromatic rings. The molecule has 0 aliphatic rings. The lowest BCUT2D eigenvalue weighted by atomic mass is 10.2. The molecule has 0 aromatic carbocycles. The second-order valence-electron chi connectivity index (χ2n) is 3.24. The molecule has 0 rings (SSSR count). The van der Waals surface area contributed by atoms with E-state index in [4.69, 9.17) is 11.6 Å². The average Bonchev–Trinajstić information content (AvgIpc) is 2.21. The van der Waals surface area contributed by atoms with Crippen LogP contribution in [0.5, 0.6) is 0 Å². The summed E-state index contributed by atoms with van der Waals surface area (Å²) in [4.78, 5) is 0. The molecule has 1 nitrogen and oxygen atoms in total. The van der Waals surface area contributed by atoms with Crippen molar-refractivity contribution in [3.05, 3.63) is 12.2 Å². The summed E-state index contributed by atoms with van der Waals surface area (Å²) in [5.74, 6) is 1.93. The minimum Gasteiger partial charge on any atom is -0.313 e. The lowest BCUT2D eigenvalue weighted by Gasteiger charge is -2.01. The van der Waals surface area contributed by atoms with Gasteiger partial charge in [-0.05, 0) is 31.4 Å². The van der Waals surface area contributed by atoms with Crippen molar-refractivity contribution in [3.63, 3.8) is 0 Å². The van der Waals surface area contributed by atoms with Crippen molar-refractivity contribution in [1.82, 2.24) is 5.32 Å². The standard InChI is InChI=1S/C11H22ClNS/c1-14-11-7-3-2-5-9-13-10-6-4-8-12/h4,6,13H,2-3,5,7-11H2,1H3/b6-4+. The molecule has 0 heterocycles. The van der Waals surface area contributed by atoms with Gasteiger partial charge in [-0.1, -0.05) is 25.0 Å². The van der Waals surface area contributed by atoms with Gasteiger partial charge in [-0.25, -0.2) is 0 Å². The topological polar surface area (TPSA) is 12.0 Å². The fourth-order valence-electron chi connectivity index (χ4n) is 1.18. The second kappa shape index (κ2) is 13.3. The molecule has 0 amide bonds. The first-order valence-electron chi connectivity index (χ1n) is 5.32. The number of rotatable bonds is 10. The van der Waals surface area contributed by atoms with Crippen molar-refractivity contribution in [3.8, 4) is 0 Å². The summed E-state index contributed by atoms with van der Waals surface area (Å²) in [5.41, 5.74) is 0. The quantitative estimate of drug-likeness (QED) is 0.354. The van der Waals surface area contributed by atoms with Crippen LogP contribution in [0.25, 0.3) is 0 Å². The lowest BCUT2D eigenvalue weighted by molar-refractivity contribution is 0.622. The van der Waals surface area contributed by atoms with Crippen LogP contribution in [0.1, 0.15) is 25.7 Å². The third kappa shape index (κ3) is 12.3. The summed E-state index contributed by atoms with van der Waals surface area (Å²) in [6.45, 7) is 2.09. The minimum absolute atomic E-state index is 0.621. The summed E-state index contributed by atoms with van der Waals surface area (Å²) in [6, 6.07) is 0. The van der Waals surface area contributed by atoms with Gasteiger partial charge >= 0.3 is 0 Å². The van der Waals surface area contributed by atoms with Crippen LogP contribution in [-0.2, 0) is 0 Å². The molecule has 0 spiro atoms. The largest absolute Gasteiger partial charge is 0.313 e. The van der Waals surface area contributed by atoms with E-state index in [1.165, 1.54) is 31.4 Å². The van der Waals surface area contributed by atoms with Crippen LogP contribution >= 0.6 is 23.4 Å². The normalized spacial score (nSPS) is 11.3. The number of halogens is 1. The van der Waals surface area contributed by atoms with Gasteiger partial charge in [0.2, 0.25) is 0 Å². The molecular formula is C11H22ClNS. The Hall–Kier alpha value is 0.340. The zero-order valence-electron chi connectivity index (χ0n) is 9.10. The van der Waals surface area contributed by atoms with Gasteiger partial charge in [-0.15, -0.1) is 11.6 Å². The molecule has 0 aliphatic carbocycles. The molecule has 0 aromatic heterocycles. The number of alkyl halides is 1. The molecular weight excluding hydrogens is 214 g/mol. The molecule has 0 bridgehead atoms. The van der Waals surface area contributed by atoms with Gasteiger partial charge < -0.3 is 5.32 Å². The number of unbranched alkanes of at least 4 members (excludes halogenated alkanes) is 3. The van der Waals surface area contributed by atoms with Crippen molar-refractivity contribution in [2.45, 2.75) is 25.7 Å². The summed E-state index contributed by atoms with van der Waals surface area (Å²) in [7, 11) is 0. The van der Waals surface area contributed by atoms with Gasteiger partial charge in [0.25, 0.3) is 0 Å². The van der Waals surface area contributed by atoms with E-state index in [9.17, 15) is 0 Å². The number of hydrogen-bond acceptors (Lipinski definition) is 2. The van der Waals surface area contributed by atoms with E-state index >= 15 is 0 Å². The summed E-state index contributed by atoms with van der Waals surface area (Å²) < 4.78 is 0. The molecule has 0 atom stereocenters. The average molecular weight is 236 g/mol. The van der Waals surface area contributed by atoms with Crippen LogP contribution < -0.4 is 5.32 Å². The Morgan fingerprint density at radius 1 is 1.14 bits per heavy atom. The van der Waals surface area contributed by atoms with E-state index in [2.05, 4.69) is 17.6 Å². The summed E-state index contributed by atoms with van der Waals surface area (Å²) in [5, 5.41) is 3.36. The van der Waals surface area contributed by atoms with E-state index in [0.717, 1.165) is 13.1 Å². The van der Waals surface area contributed by atoms with Crippen molar-refractivity contribution in [1.29, 1.82) is 0 Å². The summed E-state index contributed by atoms with van der Waals surface area (Å²) in [6.07, 6.45) is 11.6. The molecule has 0 saturated heterocycles. The Bertz CT molecular complexity index is 128. The minimum atomic E-state index is 0.621. The van der Waals surface area contributed by atoms with Gasteiger partial charge in [0, 0.05) is 12.4 Å². The van der Waals surface area contributed by atoms with Gasteiger partial charge in [0.1, 0.15) is 0 Å². The Morgan fingerprint density at radius 3 is 2.64 bits per heavy atom. The molecule has 0 aliphatic heterocycles. The van der Waals surface area contributed by atoms with E-state index in [-0.39, 0.29) is 0 Å². The highest BCUT2D eigenvalue weighted by molar-refractivity contribution is 7.98. The number of hydrogen-bond donors (Lipinski definition) is 1. The fourth-order valence-corrected chi connectivity index (χ4v) is 1.80. The maximum atomic E-state index is 5.50. The molecule has 0 fully saturated rings. The fraction of sp³-hybridized carbons (Fsp3) is 0.818. The van der Waals surface area contributed by atoms with Crippen LogP contribution in [0.3, 0.4) is 0 Å². The molecule has 14 heavy (non-hydrogen) atoms. The Balaban J connectivity index is 2.88. The molecule has 84 valence electrons. The third-order valence-electron chi connectivity index (χ3n) is 1.97. The Morgan fingerprint density at radius 2 is 1.93 bits per heavy atom. The van der Waals surface area contributed by atoms with Crippen LogP contribution in [0, 0.1) is 0 Å². The predicted molar refractivity (Wildman–Crippen MR) is 69.6 cm³/mol. The third-order valence-corrected chi connectivity index (χ3v) is 2.85. The number of allylic oxidation sites excluding steroid dienone is 1. The maximum absolute atomic E-state index is 5.50. The highest BCUT2D eigenvalue weighted by atomic mass is 35.5. The molecule has 0 unspecified atom stereocenters. The monoisotopic (exact) mass is 235 g/mol. The lowest BCUT2D eigenvalue weighted by Crippen LogP contribution is -2.14. The van der Waals surface area contributed by atoms with Crippen LogP contribution in [0.2, 0.25) is 0 Å². The van der Waals surface area contributed by atoms with Crippen molar-refractivity contribution >= 4 is 23.4 Å². The van der Waals surface area contributed by atoms with Crippen LogP contribution in [-0.4, -0.2) is 31.0 Å². The van der Waals surface area contributed by atoms with Crippen molar-refractivity contribution in [2.75, 3.05) is 31.0 Å². The van der Waals surface area contributed by atoms with Gasteiger partial charge in [0.05, 0.1) is 0 Å². The first kappa shape index (κ1) is 14.3. The first-order chi connectivity index (χ1) is 6.91. The van der Waals surface area contributed by atoms with Gasteiger partial charge in [-0.2, -0.15) is 11.8 Å². The number of nitrogens with one attached hydrogen (secondary N) is 1. The zero-order chi connectivity index (χ0) is 10.5. The van der Waals surface area contributed by atoms with Crippen LogP contribution in [0.15, 0.2) is 12.2 Å². The maximum Gasteiger partial charge on any atom is 0.0404 e. The first-order valence-corrected chi connectivity index (χ1v) is 7.25. The number of thioether (sulfide) groups is 1. The van der Waals surface area contributed by atoms with Gasteiger partial charge in [-0.3, -0.25) is 0 Å². The molecule has 1 N–H and O–H groups in total. The van der Waals surface area contributed by atoms with E-state index in [0.29, 0.717) is 5.88 Å². The predicted octanol–water partition coefficient (Wildman–Crippen LogP) is 3.29. The van der Waals surface area contributed by atoms with Crippen LogP contribution in [0.4, 0.5) is 0 Å². The van der Waals surface area contributed by atoms with E-state index in [1.54, 1.807) is 0 Å². The Labute approximate surface area is 97.7 Å². The van der Waals surface area contributed by atoms with E-state index in [1.807, 2.05) is 17.8 Å². The Kier molecular flexibility index (Phi) is 13.7. The van der Waals surface area contributed by atoms with E-state index < -0.39 is 0 Å². The smallest absolute Gasteiger partial charge is 0.0404 e. The summed E-state index contributed by atoms with van der Waals surface area (Å²) >= 11 is 7.44. The molecule has 0 radical (unpaired) electrons. The second-order valence-corrected chi connectivity index (χ2v) is 4.53. The van der Waals surface area contributed by atoms with Crippen molar-refractivity contribution < 1.29 is 0 Å². The SMILES string of the molecule is CSCCCCCCNC/C=C/CCl. The highest BCUT2D eigenvalue weighted by Gasteiger charge is 1.89. The van der Waals surface area contributed by atoms with Crippen molar-refractivity contribution in [2.24, 2.45) is 0 Å². The molecule has 3 heteroatoms. The molecule has 0 saturated carbocycles. The highest BCUT2D eigenvalue weighted by Crippen LogP contribution is 2.03. The van der Waals surface area contributed by atoms with Gasteiger partial charge in [0.15, 0.2) is 0 Å².